The van der Waals surface area contributed by atoms with Crippen LogP contribution < -0.4 is 0 Å². The predicted octanol–water partition coefficient (Wildman–Crippen LogP) is 3.29. The summed E-state index contributed by atoms with van der Waals surface area (Å²) in [5, 5.41) is 10.1. The van der Waals surface area contributed by atoms with Crippen molar-refractivity contribution in [2.75, 3.05) is 5.75 Å². The van der Waals surface area contributed by atoms with E-state index in [1.807, 2.05) is 36.2 Å². The van der Waals surface area contributed by atoms with Gasteiger partial charge in [-0.1, -0.05) is 13.0 Å². The van der Waals surface area contributed by atoms with Crippen molar-refractivity contribution in [2.24, 2.45) is 0 Å². The normalized spacial score (nSPS) is 10.4. The minimum Gasteiger partial charge on any atom is -0.361 e. The van der Waals surface area contributed by atoms with Crippen molar-refractivity contribution in [1.29, 1.82) is 5.26 Å². The summed E-state index contributed by atoms with van der Waals surface area (Å²) in [5.74, 6) is 2.07. The number of benzene rings is 1. The van der Waals surface area contributed by atoms with Gasteiger partial charge in [0.15, 0.2) is 0 Å². The number of aromatic amines is 1. The average molecular weight is 216 g/mol. The largest absolute Gasteiger partial charge is 0.361 e. The SMILES string of the molecule is CCSCc1c[nH]c2cccc(C#N)c12. The fourth-order valence-electron chi connectivity index (χ4n) is 1.67. The van der Waals surface area contributed by atoms with Crippen LogP contribution in [0.3, 0.4) is 0 Å². The number of nitriles is 1. The first-order chi connectivity index (χ1) is 7.36. The molecule has 0 unspecified atom stereocenters. The van der Waals surface area contributed by atoms with E-state index >= 15 is 0 Å². The molecule has 2 nitrogen and oxygen atoms in total. The molecular formula is C12H12N2S. The van der Waals surface area contributed by atoms with E-state index in [0.29, 0.717) is 0 Å². The third-order valence-corrected chi connectivity index (χ3v) is 3.29. The maximum absolute atomic E-state index is 9.03. The number of fused-ring (bicyclic) bond motifs is 1. The Bertz CT molecular complexity index is 508. The van der Waals surface area contributed by atoms with Crippen molar-refractivity contribution in [1.82, 2.24) is 4.98 Å². The van der Waals surface area contributed by atoms with Crippen molar-refractivity contribution in [3.63, 3.8) is 0 Å². The van der Waals surface area contributed by atoms with E-state index < -0.39 is 0 Å². The first kappa shape index (κ1) is 10.1. The van der Waals surface area contributed by atoms with Crippen LogP contribution in [0.15, 0.2) is 24.4 Å². The van der Waals surface area contributed by atoms with Crippen molar-refractivity contribution in [2.45, 2.75) is 12.7 Å². The Morgan fingerprint density at radius 1 is 1.47 bits per heavy atom. The van der Waals surface area contributed by atoms with E-state index in [4.69, 9.17) is 5.26 Å². The summed E-state index contributed by atoms with van der Waals surface area (Å²) in [5.41, 5.74) is 3.05. The second-order valence-corrected chi connectivity index (χ2v) is 4.57. The third-order valence-electron chi connectivity index (χ3n) is 2.37. The molecule has 0 aliphatic heterocycles. The molecule has 1 heterocycles. The van der Waals surface area contributed by atoms with Gasteiger partial charge in [-0.05, 0) is 23.4 Å². The summed E-state index contributed by atoms with van der Waals surface area (Å²) in [4.78, 5) is 3.21. The van der Waals surface area contributed by atoms with Crippen LogP contribution in [0.1, 0.15) is 18.1 Å². The Labute approximate surface area is 93.3 Å². The van der Waals surface area contributed by atoms with E-state index in [9.17, 15) is 0 Å². The van der Waals surface area contributed by atoms with Crippen LogP contribution in [0.25, 0.3) is 10.9 Å². The molecule has 3 heteroatoms. The van der Waals surface area contributed by atoms with Crippen LogP contribution in [-0.4, -0.2) is 10.7 Å². The standard InChI is InChI=1S/C12H12N2S/c1-2-15-8-10-7-14-11-5-3-4-9(6-13)12(10)11/h3-5,7,14H,2,8H2,1H3. The molecule has 0 saturated carbocycles. The van der Waals surface area contributed by atoms with Gasteiger partial charge in [0.05, 0.1) is 11.6 Å². The molecule has 15 heavy (non-hydrogen) atoms. The molecule has 0 saturated heterocycles. The zero-order valence-corrected chi connectivity index (χ0v) is 9.40. The molecule has 0 fully saturated rings. The lowest BCUT2D eigenvalue weighted by atomic mass is 10.1. The van der Waals surface area contributed by atoms with E-state index in [-0.39, 0.29) is 0 Å². The molecule has 0 aliphatic rings. The van der Waals surface area contributed by atoms with Gasteiger partial charge < -0.3 is 4.98 Å². The van der Waals surface area contributed by atoms with Crippen LogP contribution in [0.2, 0.25) is 0 Å². The van der Waals surface area contributed by atoms with Crippen molar-refractivity contribution < 1.29 is 0 Å². The topological polar surface area (TPSA) is 39.6 Å². The van der Waals surface area contributed by atoms with Crippen LogP contribution >= 0.6 is 11.8 Å². The molecule has 0 spiro atoms. The van der Waals surface area contributed by atoms with E-state index in [1.54, 1.807) is 0 Å². The number of hydrogen-bond acceptors (Lipinski definition) is 2. The van der Waals surface area contributed by atoms with Crippen LogP contribution in [0.4, 0.5) is 0 Å². The van der Waals surface area contributed by atoms with E-state index in [0.717, 1.165) is 28.0 Å². The maximum Gasteiger partial charge on any atom is 0.0998 e. The second-order valence-electron chi connectivity index (χ2n) is 3.29. The van der Waals surface area contributed by atoms with Gasteiger partial charge >= 0.3 is 0 Å². The Kier molecular flexibility index (Phi) is 2.98. The molecule has 1 N–H and O–H groups in total. The minimum atomic E-state index is 0.764. The zero-order valence-electron chi connectivity index (χ0n) is 8.58. The lowest BCUT2D eigenvalue weighted by Crippen LogP contribution is -1.82. The van der Waals surface area contributed by atoms with Gasteiger partial charge in [-0.15, -0.1) is 0 Å². The fourth-order valence-corrected chi connectivity index (χ4v) is 2.33. The summed E-state index contributed by atoms with van der Waals surface area (Å²) in [6.45, 7) is 2.14. The molecule has 0 amide bonds. The van der Waals surface area contributed by atoms with Gasteiger partial charge in [-0.2, -0.15) is 17.0 Å². The van der Waals surface area contributed by atoms with Crippen molar-refractivity contribution in [3.8, 4) is 6.07 Å². The predicted molar refractivity (Wildman–Crippen MR) is 64.8 cm³/mol. The van der Waals surface area contributed by atoms with Gasteiger partial charge in [0.1, 0.15) is 0 Å². The lowest BCUT2D eigenvalue weighted by Gasteiger charge is -1.98. The zero-order chi connectivity index (χ0) is 10.7. The molecule has 0 radical (unpaired) electrons. The Balaban J connectivity index is 2.52. The molecular weight excluding hydrogens is 204 g/mol. The average Bonchev–Trinajstić information content (AvgIpc) is 2.69. The van der Waals surface area contributed by atoms with E-state index in [2.05, 4.69) is 18.0 Å². The summed E-state index contributed by atoms with van der Waals surface area (Å²) >= 11 is 1.87. The number of H-pyrrole nitrogens is 1. The highest BCUT2D eigenvalue weighted by Gasteiger charge is 2.07. The quantitative estimate of drug-likeness (QED) is 0.855. The van der Waals surface area contributed by atoms with Gasteiger partial charge in [0.25, 0.3) is 0 Å². The summed E-state index contributed by atoms with van der Waals surface area (Å²) in [6.07, 6.45) is 2.01. The number of aromatic nitrogens is 1. The molecule has 1 aromatic heterocycles. The third kappa shape index (κ3) is 1.86. The second kappa shape index (κ2) is 4.41. The Hall–Kier alpha value is -1.40. The van der Waals surface area contributed by atoms with Crippen molar-refractivity contribution >= 4 is 22.7 Å². The van der Waals surface area contributed by atoms with Crippen LogP contribution in [-0.2, 0) is 5.75 Å². The van der Waals surface area contributed by atoms with Gasteiger partial charge in [-0.3, -0.25) is 0 Å². The van der Waals surface area contributed by atoms with Gasteiger partial charge in [0, 0.05) is 22.9 Å². The maximum atomic E-state index is 9.03. The highest BCUT2D eigenvalue weighted by molar-refractivity contribution is 7.98. The number of nitrogens with one attached hydrogen (secondary N) is 1. The summed E-state index contributed by atoms with van der Waals surface area (Å²) < 4.78 is 0. The molecule has 0 aliphatic carbocycles. The van der Waals surface area contributed by atoms with Crippen molar-refractivity contribution in [3.05, 3.63) is 35.5 Å². The monoisotopic (exact) mass is 216 g/mol. The first-order valence-corrected chi connectivity index (χ1v) is 6.09. The number of hydrogen-bond donors (Lipinski definition) is 1. The summed E-state index contributed by atoms with van der Waals surface area (Å²) in [6, 6.07) is 8.04. The van der Waals surface area contributed by atoms with E-state index in [1.165, 1.54) is 5.56 Å². The number of rotatable bonds is 3. The van der Waals surface area contributed by atoms with Crippen LogP contribution in [0, 0.1) is 11.3 Å². The summed E-state index contributed by atoms with van der Waals surface area (Å²) in [7, 11) is 0. The smallest absolute Gasteiger partial charge is 0.0998 e. The molecule has 1 aromatic carbocycles. The van der Waals surface area contributed by atoms with Crippen LogP contribution in [0.5, 0.6) is 0 Å². The molecule has 0 atom stereocenters. The fraction of sp³-hybridized carbons (Fsp3) is 0.250. The molecule has 76 valence electrons. The molecule has 2 aromatic rings. The number of thioether (sulfide) groups is 1. The van der Waals surface area contributed by atoms with Gasteiger partial charge in [-0.25, -0.2) is 0 Å². The minimum absolute atomic E-state index is 0.764. The highest BCUT2D eigenvalue weighted by Crippen LogP contribution is 2.25. The Morgan fingerprint density at radius 2 is 2.33 bits per heavy atom. The Morgan fingerprint density at radius 3 is 3.07 bits per heavy atom. The number of nitrogens with zero attached hydrogens (tertiary/aromatic N) is 1. The highest BCUT2D eigenvalue weighted by atomic mass is 32.2. The first-order valence-electron chi connectivity index (χ1n) is 4.93. The molecule has 0 bridgehead atoms. The lowest BCUT2D eigenvalue weighted by molar-refractivity contribution is 1.39. The molecule has 2 rings (SSSR count). The van der Waals surface area contributed by atoms with Gasteiger partial charge in [0.2, 0.25) is 0 Å².